The smallest absolute Gasteiger partial charge is 0.0734 e. The first kappa shape index (κ1) is 9.34. The van der Waals surface area contributed by atoms with Gasteiger partial charge < -0.3 is 10.3 Å². The molecule has 2 N–H and O–H groups in total. The molecule has 2 bridgehead atoms. The average Bonchev–Trinajstić information content (AvgIpc) is 2.73. The van der Waals surface area contributed by atoms with Crippen molar-refractivity contribution in [3.63, 3.8) is 0 Å². The molecule has 3 nitrogen and oxygen atoms in total. The van der Waals surface area contributed by atoms with E-state index in [2.05, 4.69) is 5.16 Å². The van der Waals surface area contributed by atoms with Crippen molar-refractivity contribution in [3.05, 3.63) is 0 Å². The summed E-state index contributed by atoms with van der Waals surface area (Å²) < 4.78 is 0. The predicted octanol–water partition coefficient (Wildman–Crippen LogP) is 1.34. The van der Waals surface area contributed by atoms with Crippen LogP contribution >= 0.6 is 11.8 Å². The fourth-order valence-corrected chi connectivity index (χ4v) is 3.86. The zero-order valence-corrected chi connectivity index (χ0v) is 8.33. The van der Waals surface area contributed by atoms with Gasteiger partial charge in [0.2, 0.25) is 0 Å². The largest absolute Gasteiger partial charge is 0.411 e. The van der Waals surface area contributed by atoms with Crippen molar-refractivity contribution >= 4 is 17.5 Å². The highest BCUT2D eigenvalue weighted by Gasteiger charge is 2.45. The highest BCUT2D eigenvalue weighted by molar-refractivity contribution is 8.00. The van der Waals surface area contributed by atoms with E-state index in [0.29, 0.717) is 17.1 Å². The van der Waals surface area contributed by atoms with E-state index < -0.39 is 0 Å². The number of oxime groups is 1. The van der Waals surface area contributed by atoms with Crippen LogP contribution in [-0.4, -0.2) is 33.6 Å². The molecule has 2 aliphatic rings. The van der Waals surface area contributed by atoms with Crippen LogP contribution in [0.3, 0.4) is 0 Å². The lowest BCUT2D eigenvalue weighted by atomic mass is 9.98. The molecule has 0 unspecified atom stereocenters. The summed E-state index contributed by atoms with van der Waals surface area (Å²) in [5, 5.41) is 21.4. The standard InChI is InChI=1S/C9H15NO2S/c11-3-4-13-9-7-2-1-6(5-7)8(9)10-12/h6-7,9,11-12H,1-5H2/b10-8+/t6-,7+,9-/m0/s1. The zero-order valence-electron chi connectivity index (χ0n) is 7.52. The second-order valence-electron chi connectivity index (χ2n) is 3.81. The van der Waals surface area contributed by atoms with Crippen molar-refractivity contribution in [3.8, 4) is 0 Å². The van der Waals surface area contributed by atoms with Crippen LogP contribution in [0, 0.1) is 11.8 Å². The average molecular weight is 201 g/mol. The van der Waals surface area contributed by atoms with E-state index >= 15 is 0 Å². The van der Waals surface area contributed by atoms with Crippen molar-refractivity contribution in [2.45, 2.75) is 24.5 Å². The van der Waals surface area contributed by atoms with Gasteiger partial charge in [0.05, 0.1) is 12.3 Å². The molecule has 2 saturated carbocycles. The monoisotopic (exact) mass is 201 g/mol. The van der Waals surface area contributed by atoms with E-state index in [-0.39, 0.29) is 6.61 Å². The molecule has 0 spiro atoms. The van der Waals surface area contributed by atoms with Gasteiger partial charge in [0.25, 0.3) is 0 Å². The van der Waals surface area contributed by atoms with Crippen LogP contribution in [0.4, 0.5) is 0 Å². The predicted molar refractivity (Wildman–Crippen MR) is 53.4 cm³/mol. The Labute approximate surface area is 82.2 Å². The molecular formula is C9H15NO2S. The highest BCUT2D eigenvalue weighted by atomic mass is 32.2. The quantitative estimate of drug-likeness (QED) is 0.535. The number of aliphatic hydroxyl groups excluding tert-OH is 1. The van der Waals surface area contributed by atoms with Crippen LogP contribution in [0.1, 0.15) is 19.3 Å². The fourth-order valence-electron chi connectivity index (χ4n) is 2.57. The zero-order chi connectivity index (χ0) is 9.26. The molecule has 0 saturated heterocycles. The number of fused-ring (bicyclic) bond motifs is 2. The van der Waals surface area contributed by atoms with Crippen molar-refractivity contribution in [2.24, 2.45) is 17.0 Å². The van der Waals surface area contributed by atoms with Crippen LogP contribution in [0.15, 0.2) is 5.16 Å². The number of aliphatic hydroxyl groups is 1. The summed E-state index contributed by atoms with van der Waals surface area (Å²) >= 11 is 1.74. The first-order valence-corrected chi connectivity index (χ1v) is 5.86. The molecule has 13 heavy (non-hydrogen) atoms. The minimum Gasteiger partial charge on any atom is -0.411 e. The Morgan fingerprint density at radius 1 is 1.46 bits per heavy atom. The van der Waals surface area contributed by atoms with Crippen molar-refractivity contribution in [2.75, 3.05) is 12.4 Å². The van der Waals surface area contributed by atoms with Gasteiger partial charge in [0, 0.05) is 16.9 Å². The van der Waals surface area contributed by atoms with Gasteiger partial charge >= 0.3 is 0 Å². The fraction of sp³-hybridized carbons (Fsp3) is 0.889. The summed E-state index contributed by atoms with van der Waals surface area (Å²) in [5.41, 5.74) is 0.981. The molecule has 0 aromatic carbocycles. The van der Waals surface area contributed by atoms with Crippen molar-refractivity contribution in [1.82, 2.24) is 0 Å². The number of hydrogen-bond donors (Lipinski definition) is 2. The molecule has 0 amide bonds. The number of thioether (sulfide) groups is 1. The molecular weight excluding hydrogens is 186 g/mol. The minimum atomic E-state index is 0.220. The lowest BCUT2D eigenvalue weighted by Gasteiger charge is -2.21. The lowest BCUT2D eigenvalue weighted by Crippen LogP contribution is -2.25. The topological polar surface area (TPSA) is 52.8 Å². The van der Waals surface area contributed by atoms with E-state index in [1.807, 2.05) is 0 Å². The normalized spacial score (nSPS) is 40.4. The van der Waals surface area contributed by atoms with E-state index in [4.69, 9.17) is 10.3 Å². The number of nitrogens with zero attached hydrogens (tertiary/aromatic N) is 1. The Bertz CT molecular complexity index is 220. The molecule has 3 atom stereocenters. The summed E-state index contributed by atoms with van der Waals surface area (Å²) in [4.78, 5) is 0. The van der Waals surface area contributed by atoms with Crippen LogP contribution < -0.4 is 0 Å². The third-order valence-electron chi connectivity index (χ3n) is 3.12. The van der Waals surface area contributed by atoms with Crippen LogP contribution in [-0.2, 0) is 0 Å². The summed E-state index contributed by atoms with van der Waals surface area (Å²) in [6.07, 6.45) is 3.66. The van der Waals surface area contributed by atoms with Gasteiger partial charge in [-0.3, -0.25) is 0 Å². The Kier molecular flexibility index (Phi) is 2.79. The van der Waals surface area contributed by atoms with E-state index in [1.165, 1.54) is 19.3 Å². The SMILES string of the molecule is OCCS[C@@H]1/C(=N/O)[C@H]2CC[C@@H]1C2. The van der Waals surface area contributed by atoms with Crippen LogP contribution in [0.2, 0.25) is 0 Å². The first-order chi connectivity index (χ1) is 6.36. The summed E-state index contributed by atoms with van der Waals surface area (Å²) in [6, 6.07) is 0. The molecule has 74 valence electrons. The summed E-state index contributed by atoms with van der Waals surface area (Å²) in [5.74, 6) is 1.99. The second kappa shape index (κ2) is 3.88. The third-order valence-corrected chi connectivity index (χ3v) is 4.52. The van der Waals surface area contributed by atoms with E-state index in [1.54, 1.807) is 11.8 Å². The molecule has 0 aliphatic heterocycles. The minimum absolute atomic E-state index is 0.220. The van der Waals surface area contributed by atoms with Gasteiger partial charge in [0.15, 0.2) is 0 Å². The molecule has 4 heteroatoms. The number of rotatable bonds is 3. The Morgan fingerprint density at radius 2 is 2.31 bits per heavy atom. The Hall–Kier alpha value is -0.220. The van der Waals surface area contributed by atoms with E-state index in [9.17, 15) is 0 Å². The van der Waals surface area contributed by atoms with Gasteiger partial charge in [-0.1, -0.05) is 5.16 Å². The molecule has 0 aromatic heterocycles. The summed E-state index contributed by atoms with van der Waals surface area (Å²) in [6.45, 7) is 0.220. The Morgan fingerprint density at radius 3 is 3.00 bits per heavy atom. The number of hydrogen-bond acceptors (Lipinski definition) is 4. The molecule has 0 heterocycles. The maximum atomic E-state index is 8.87. The molecule has 0 radical (unpaired) electrons. The van der Waals surface area contributed by atoms with Gasteiger partial charge in [0.1, 0.15) is 0 Å². The second-order valence-corrected chi connectivity index (χ2v) is 5.06. The molecule has 2 fully saturated rings. The Balaban J connectivity index is 2.01. The molecule has 2 rings (SSSR count). The van der Waals surface area contributed by atoms with Crippen LogP contribution in [0.5, 0.6) is 0 Å². The van der Waals surface area contributed by atoms with E-state index in [0.717, 1.165) is 11.5 Å². The van der Waals surface area contributed by atoms with Gasteiger partial charge in [-0.25, -0.2) is 0 Å². The molecule has 0 aromatic rings. The lowest BCUT2D eigenvalue weighted by molar-refractivity contribution is 0.313. The van der Waals surface area contributed by atoms with Crippen LogP contribution in [0.25, 0.3) is 0 Å². The van der Waals surface area contributed by atoms with Crippen molar-refractivity contribution in [1.29, 1.82) is 0 Å². The maximum absolute atomic E-state index is 8.87. The summed E-state index contributed by atoms with van der Waals surface area (Å²) in [7, 11) is 0. The van der Waals surface area contributed by atoms with Gasteiger partial charge in [-0.15, -0.1) is 11.8 Å². The molecule has 2 aliphatic carbocycles. The highest BCUT2D eigenvalue weighted by Crippen LogP contribution is 2.47. The van der Waals surface area contributed by atoms with Gasteiger partial charge in [-0.2, -0.15) is 0 Å². The third kappa shape index (κ3) is 1.57. The first-order valence-electron chi connectivity index (χ1n) is 4.81. The van der Waals surface area contributed by atoms with Gasteiger partial charge in [-0.05, 0) is 25.2 Å². The maximum Gasteiger partial charge on any atom is 0.0734 e. The van der Waals surface area contributed by atoms with Crippen molar-refractivity contribution < 1.29 is 10.3 Å².